The molecule has 0 radical (unpaired) electrons. The van der Waals surface area contributed by atoms with E-state index in [1.54, 1.807) is 66.9 Å². The van der Waals surface area contributed by atoms with Crippen LogP contribution in [0.25, 0.3) is 0 Å². The molecular weight excluding hydrogens is 738 g/mol. The molecule has 4 atom stereocenters. The van der Waals surface area contributed by atoms with Crippen LogP contribution >= 0.6 is 86.8 Å². The van der Waals surface area contributed by atoms with Crippen LogP contribution in [0, 0.1) is 0 Å². The molecule has 4 unspecified atom stereocenters. The first-order chi connectivity index (χ1) is 21.0. The maximum atomic E-state index is 15.4. The van der Waals surface area contributed by atoms with E-state index in [2.05, 4.69) is 9.97 Å². The van der Waals surface area contributed by atoms with E-state index in [1.807, 2.05) is 0 Å². The van der Waals surface area contributed by atoms with E-state index in [0.717, 1.165) is 11.8 Å². The lowest BCUT2D eigenvalue weighted by molar-refractivity contribution is 0.581. The predicted molar refractivity (Wildman–Crippen MR) is 188 cm³/mol. The Balaban J connectivity index is 1.87. The van der Waals surface area contributed by atoms with Crippen LogP contribution in [0.3, 0.4) is 0 Å². The number of hydrogen-bond donors (Lipinski definition) is 0. The molecule has 4 aromatic carbocycles. The van der Waals surface area contributed by atoms with Gasteiger partial charge in [0.1, 0.15) is 0 Å². The molecule has 5 aromatic rings. The van der Waals surface area contributed by atoms with E-state index in [9.17, 15) is 9.13 Å². The van der Waals surface area contributed by atoms with Crippen LogP contribution in [-0.2, 0) is 18.3 Å². The molecule has 0 saturated carbocycles. The summed E-state index contributed by atoms with van der Waals surface area (Å²) in [6, 6.07) is 26.5. The number of benzene rings is 4. The molecule has 0 aliphatic rings. The van der Waals surface area contributed by atoms with Crippen molar-refractivity contribution in [2.75, 3.05) is 6.26 Å². The molecule has 0 fully saturated rings. The SMILES string of the molecule is CSc1nc(P(=O)(c2ccccc2Cl)[P+](=O)c2ccccc2Cl)cc(P(=O)(c2ccccc2Cl)[P+](=O)c2ccccc2Cl)n1. The number of hydrogen-bond acceptors (Lipinski definition) is 7. The third-order valence-corrected chi connectivity index (χ3v) is 22.2. The third-order valence-electron chi connectivity index (χ3n) is 6.47. The smallest absolute Gasteiger partial charge is 0.255 e. The summed E-state index contributed by atoms with van der Waals surface area (Å²) in [5.41, 5.74) is -0.369. The van der Waals surface area contributed by atoms with Gasteiger partial charge in [0.25, 0.3) is 0 Å². The van der Waals surface area contributed by atoms with Crippen molar-refractivity contribution in [2.45, 2.75) is 5.16 Å². The van der Waals surface area contributed by atoms with Crippen LogP contribution in [0.1, 0.15) is 0 Å². The average molecular weight is 758 g/mol. The summed E-state index contributed by atoms with van der Waals surface area (Å²) in [5.74, 6) is 0. The van der Waals surface area contributed by atoms with Gasteiger partial charge >= 0.3 is 28.6 Å². The molecular formula is C29H20Cl4N2O4P4S+2. The van der Waals surface area contributed by atoms with Gasteiger partial charge in [-0.1, -0.05) is 116 Å². The van der Waals surface area contributed by atoms with Crippen LogP contribution in [0.5, 0.6) is 0 Å². The molecule has 0 bridgehead atoms. The van der Waals surface area contributed by atoms with Gasteiger partial charge in [-0.2, -0.15) is 0 Å². The second-order valence-electron chi connectivity index (χ2n) is 9.07. The Bertz CT molecular complexity index is 1910. The third kappa shape index (κ3) is 6.13. The molecule has 6 nitrogen and oxygen atoms in total. The standard InChI is InChI=1S/C29H20Cl4N2O4P4S/c1-44-29-34-27(42(38,25-16-8-4-12-21(25)32)40(36)23-14-6-2-10-19(23)30)18-28(35-29)43(39,26-17-9-5-13-22(26)33)41(37)24-15-7-3-11-20(24)31/h2-18H,1H3/q+2. The number of halogens is 4. The zero-order valence-electron chi connectivity index (χ0n) is 22.6. The van der Waals surface area contributed by atoms with Crippen molar-refractivity contribution in [3.8, 4) is 0 Å². The fourth-order valence-corrected chi connectivity index (χ4v) is 19.4. The fraction of sp³-hybridized carbons (Fsp3) is 0.0345. The van der Waals surface area contributed by atoms with Gasteiger partial charge in [-0.15, -0.1) is 0 Å². The van der Waals surface area contributed by atoms with Crippen LogP contribution < -0.4 is 32.1 Å². The minimum atomic E-state index is -4.30. The van der Waals surface area contributed by atoms with Gasteiger partial charge in [0.2, 0.25) is 10.6 Å². The van der Waals surface area contributed by atoms with Crippen LogP contribution in [-0.4, -0.2) is 16.2 Å². The molecule has 0 aliphatic heterocycles. The molecule has 0 aliphatic carbocycles. The Hall–Kier alpha value is -1.87. The topological polar surface area (TPSA) is 94.1 Å². The second kappa shape index (κ2) is 13.9. The normalized spacial score (nSPS) is 14.8. The highest BCUT2D eigenvalue weighted by Gasteiger charge is 2.56. The number of nitrogens with zero attached hydrogens (tertiary/aromatic N) is 2. The van der Waals surface area contributed by atoms with Crippen molar-refractivity contribution in [2.24, 2.45) is 0 Å². The minimum Gasteiger partial charge on any atom is -0.255 e. The van der Waals surface area contributed by atoms with Crippen molar-refractivity contribution < 1.29 is 18.3 Å². The summed E-state index contributed by atoms with van der Waals surface area (Å²) in [4.78, 5) is 9.05. The van der Waals surface area contributed by atoms with Crippen molar-refractivity contribution >= 4 is 119 Å². The zero-order valence-corrected chi connectivity index (χ0v) is 30.0. The highest BCUT2D eigenvalue weighted by Crippen LogP contribution is 2.69. The van der Waals surface area contributed by atoms with Gasteiger partial charge in [0.15, 0.2) is 16.0 Å². The lowest BCUT2D eigenvalue weighted by Crippen LogP contribution is -2.28. The lowest BCUT2D eigenvalue weighted by Gasteiger charge is -2.15. The van der Waals surface area contributed by atoms with E-state index in [4.69, 9.17) is 46.4 Å². The summed E-state index contributed by atoms with van der Waals surface area (Å²) < 4.78 is 59.7. The van der Waals surface area contributed by atoms with Crippen molar-refractivity contribution in [3.05, 3.63) is 123 Å². The van der Waals surface area contributed by atoms with Crippen molar-refractivity contribution in [1.82, 2.24) is 9.97 Å². The van der Waals surface area contributed by atoms with Crippen LogP contribution in [0.2, 0.25) is 20.1 Å². The maximum absolute atomic E-state index is 15.4. The molecule has 1 heterocycles. The first-order valence-electron chi connectivity index (χ1n) is 12.6. The van der Waals surface area contributed by atoms with E-state index in [0.29, 0.717) is 0 Å². The molecule has 0 spiro atoms. The largest absolute Gasteiger partial charge is 0.441 e. The summed E-state index contributed by atoms with van der Waals surface area (Å²) in [6.45, 7) is -8.60. The van der Waals surface area contributed by atoms with Crippen molar-refractivity contribution in [1.29, 1.82) is 0 Å². The Morgan fingerprint density at radius 1 is 0.568 bits per heavy atom. The van der Waals surface area contributed by atoms with Crippen molar-refractivity contribution in [3.63, 3.8) is 0 Å². The number of rotatable bonds is 9. The summed E-state index contributed by atoms with van der Waals surface area (Å²) in [5, 5.41) is 0.936. The fourth-order valence-electron chi connectivity index (χ4n) is 4.34. The quantitative estimate of drug-likeness (QED) is 0.0845. The van der Waals surface area contributed by atoms with Gasteiger partial charge in [-0.25, -0.2) is 9.97 Å². The van der Waals surface area contributed by atoms with Gasteiger partial charge < -0.3 is 0 Å². The van der Waals surface area contributed by atoms with Gasteiger partial charge in [-0.3, -0.25) is 9.13 Å². The zero-order chi connectivity index (χ0) is 31.6. The second-order valence-corrected chi connectivity index (χ2v) is 23.3. The maximum Gasteiger partial charge on any atom is 0.441 e. The van der Waals surface area contributed by atoms with E-state index in [-0.39, 0.29) is 57.3 Å². The molecule has 15 heteroatoms. The predicted octanol–water partition coefficient (Wildman–Crippen LogP) is 8.58. The first-order valence-corrected chi connectivity index (χ1v) is 22.7. The number of aromatic nitrogens is 2. The van der Waals surface area contributed by atoms with E-state index in [1.165, 1.54) is 42.5 Å². The number of thioether (sulfide) groups is 1. The molecule has 44 heavy (non-hydrogen) atoms. The molecule has 1 aromatic heterocycles. The molecule has 0 N–H and O–H groups in total. The monoisotopic (exact) mass is 756 g/mol. The first kappa shape index (κ1) is 33.5. The Morgan fingerprint density at radius 2 is 0.909 bits per heavy atom. The van der Waals surface area contributed by atoms with E-state index < -0.39 is 28.6 Å². The minimum absolute atomic E-state index is 0.0576. The summed E-state index contributed by atoms with van der Waals surface area (Å²) in [6.07, 6.45) is 1.67. The van der Waals surface area contributed by atoms with Crippen LogP contribution in [0.4, 0.5) is 0 Å². The average Bonchev–Trinajstić information content (AvgIpc) is 3.04. The van der Waals surface area contributed by atoms with Gasteiger partial charge in [0.05, 0.1) is 30.7 Å². The molecule has 0 saturated heterocycles. The Kier molecular flexibility index (Phi) is 10.6. The Labute approximate surface area is 280 Å². The Morgan fingerprint density at radius 3 is 1.25 bits per heavy atom. The highest BCUT2D eigenvalue weighted by atomic mass is 35.5. The molecule has 0 amide bonds. The van der Waals surface area contributed by atoms with Crippen LogP contribution in [0.15, 0.2) is 108 Å². The molecule has 5 rings (SSSR count). The summed E-state index contributed by atoms with van der Waals surface area (Å²) >= 11 is 27.1. The van der Waals surface area contributed by atoms with E-state index >= 15 is 9.13 Å². The highest BCUT2D eigenvalue weighted by molar-refractivity contribution is 8.37. The summed E-state index contributed by atoms with van der Waals surface area (Å²) in [7, 11) is -5.64. The lowest BCUT2D eigenvalue weighted by atomic mass is 10.4. The van der Waals surface area contributed by atoms with Gasteiger partial charge in [0, 0.05) is 6.07 Å². The molecule has 222 valence electrons. The van der Waals surface area contributed by atoms with Gasteiger partial charge in [-0.05, 0) is 54.8 Å².